The third-order valence-electron chi connectivity index (χ3n) is 8.10. The number of phenols is 4. The van der Waals surface area contributed by atoms with Crippen LogP contribution in [0.2, 0.25) is 0 Å². The molecule has 0 saturated carbocycles. The highest BCUT2D eigenvalue weighted by Gasteiger charge is 2.41. The summed E-state index contributed by atoms with van der Waals surface area (Å²) in [6.45, 7) is 0. The minimum Gasteiger partial charge on any atom is -0.506 e. The van der Waals surface area contributed by atoms with Crippen LogP contribution in [0.1, 0.15) is 31.8 Å². The molecule has 0 bridgehead atoms. The van der Waals surface area contributed by atoms with Gasteiger partial charge in [-0.2, -0.15) is 0 Å². The average molecular weight is 523 g/mol. The van der Waals surface area contributed by atoms with Crippen LogP contribution in [0.5, 0.6) is 23.0 Å². The summed E-state index contributed by atoms with van der Waals surface area (Å²) in [7, 11) is 0. The van der Waals surface area contributed by atoms with Gasteiger partial charge in [0.1, 0.15) is 23.0 Å². The summed E-state index contributed by atoms with van der Waals surface area (Å²) in [5, 5.41) is 51.2. The van der Waals surface area contributed by atoms with Gasteiger partial charge in [-0.25, -0.2) is 0 Å². The second-order valence-corrected chi connectivity index (χ2v) is 10.2. The average Bonchev–Trinajstić information content (AvgIpc) is 2.96. The van der Waals surface area contributed by atoms with Gasteiger partial charge in [0.15, 0.2) is 0 Å². The van der Waals surface area contributed by atoms with Gasteiger partial charge in [0.05, 0.1) is 22.3 Å². The van der Waals surface area contributed by atoms with E-state index in [1.54, 1.807) is 24.3 Å². The summed E-state index contributed by atoms with van der Waals surface area (Å²) in [6.07, 6.45) is 0. The Hall–Kier alpha value is -5.62. The molecule has 0 unspecified atom stereocenters. The Morgan fingerprint density at radius 2 is 0.600 bits per heavy atom. The molecule has 0 amide bonds. The lowest BCUT2D eigenvalue weighted by atomic mass is 9.79. The van der Waals surface area contributed by atoms with Gasteiger partial charge in [0.2, 0.25) is 11.6 Å². The standard InChI is InChI=1S/C34H18O6/c35-29-21-11-17-7-3-4-8-18(17)12-22(21)30(36)26-25(29)33(39)27-28(34(26)40)32(38)24-14-20-10-16-6-2-1-5-15(16)9-19(20)13-23(24)31(27)37/h1-14,35-38H. The van der Waals surface area contributed by atoms with E-state index in [1.165, 1.54) is 0 Å². The van der Waals surface area contributed by atoms with Crippen molar-refractivity contribution in [2.75, 3.05) is 0 Å². The van der Waals surface area contributed by atoms with Crippen molar-refractivity contribution >= 4 is 65.4 Å². The molecule has 0 atom stereocenters. The molecule has 7 aromatic rings. The zero-order valence-corrected chi connectivity index (χ0v) is 20.7. The summed E-state index contributed by atoms with van der Waals surface area (Å²) in [4.78, 5) is 27.8. The Kier molecular flexibility index (Phi) is 4.19. The molecule has 190 valence electrons. The molecule has 4 N–H and O–H groups in total. The topological polar surface area (TPSA) is 115 Å². The van der Waals surface area contributed by atoms with Gasteiger partial charge in [0.25, 0.3) is 0 Å². The molecular formula is C34H18O6. The predicted octanol–water partition coefficient (Wildman–Crippen LogP) is 7.05. The van der Waals surface area contributed by atoms with Crippen LogP contribution in [0.15, 0.2) is 84.9 Å². The van der Waals surface area contributed by atoms with Crippen molar-refractivity contribution in [3.8, 4) is 23.0 Å². The first kappa shape index (κ1) is 22.4. The lowest BCUT2D eigenvalue weighted by molar-refractivity contribution is 0.0970. The maximum Gasteiger partial charge on any atom is 0.202 e. The first-order valence-corrected chi connectivity index (χ1v) is 12.7. The molecule has 7 aromatic carbocycles. The van der Waals surface area contributed by atoms with Gasteiger partial charge in [-0.1, -0.05) is 48.5 Å². The van der Waals surface area contributed by atoms with Gasteiger partial charge in [-0.15, -0.1) is 0 Å². The summed E-state index contributed by atoms with van der Waals surface area (Å²) in [5.74, 6) is -3.61. The monoisotopic (exact) mass is 522 g/mol. The summed E-state index contributed by atoms with van der Waals surface area (Å²) >= 11 is 0. The number of carbonyl (C=O) groups is 2. The number of benzene rings is 7. The van der Waals surface area contributed by atoms with E-state index in [4.69, 9.17) is 0 Å². The van der Waals surface area contributed by atoms with Crippen molar-refractivity contribution in [3.05, 3.63) is 107 Å². The van der Waals surface area contributed by atoms with Crippen LogP contribution in [0.4, 0.5) is 0 Å². The second kappa shape index (κ2) is 7.48. The van der Waals surface area contributed by atoms with Crippen LogP contribution in [-0.2, 0) is 0 Å². The normalized spacial score (nSPS) is 13.0. The van der Waals surface area contributed by atoms with E-state index in [0.29, 0.717) is 0 Å². The molecule has 40 heavy (non-hydrogen) atoms. The van der Waals surface area contributed by atoms with Crippen molar-refractivity contribution in [1.82, 2.24) is 0 Å². The maximum atomic E-state index is 13.9. The zero-order valence-electron chi connectivity index (χ0n) is 20.7. The number of rotatable bonds is 0. The van der Waals surface area contributed by atoms with Crippen molar-refractivity contribution in [2.45, 2.75) is 0 Å². The number of phenolic OH excluding ortho intramolecular Hbond substituents is 4. The van der Waals surface area contributed by atoms with Crippen LogP contribution < -0.4 is 0 Å². The Labute approximate surface area is 225 Å². The van der Waals surface area contributed by atoms with Gasteiger partial charge in [0, 0.05) is 21.5 Å². The van der Waals surface area contributed by atoms with Crippen LogP contribution in [0.3, 0.4) is 0 Å². The largest absolute Gasteiger partial charge is 0.506 e. The molecule has 0 aliphatic heterocycles. The Bertz CT molecular complexity index is 2190. The molecule has 0 heterocycles. The van der Waals surface area contributed by atoms with E-state index < -0.39 is 56.8 Å². The molecule has 0 saturated heterocycles. The first-order chi connectivity index (χ1) is 19.3. The fraction of sp³-hybridized carbons (Fsp3) is 0. The van der Waals surface area contributed by atoms with Gasteiger partial charge in [-0.3, -0.25) is 9.59 Å². The minimum atomic E-state index is -0.860. The highest BCUT2D eigenvalue weighted by atomic mass is 16.3. The third kappa shape index (κ3) is 2.71. The van der Waals surface area contributed by atoms with Gasteiger partial charge in [-0.05, 0) is 68.7 Å². The van der Waals surface area contributed by atoms with Crippen LogP contribution in [0, 0.1) is 0 Å². The number of hydrogen-bond acceptors (Lipinski definition) is 6. The molecule has 0 radical (unpaired) electrons. The molecule has 1 aliphatic rings. The van der Waals surface area contributed by atoms with Crippen molar-refractivity contribution < 1.29 is 30.0 Å². The summed E-state index contributed by atoms with van der Waals surface area (Å²) in [5.41, 5.74) is -1.62. The van der Waals surface area contributed by atoms with E-state index in [9.17, 15) is 30.0 Å². The minimum absolute atomic E-state index is 0.194. The quantitative estimate of drug-likeness (QED) is 0.125. The SMILES string of the molecule is O=C1c2c(c(O)c3cc4ccccc4cc3c2O)C(=O)c2c1c(O)c1cc3cc4ccccc4cc3cc1c2O. The van der Waals surface area contributed by atoms with E-state index in [0.717, 1.165) is 32.3 Å². The number of carbonyl (C=O) groups excluding carboxylic acids is 2. The Morgan fingerprint density at radius 1 is 0.350 bits per heavy atom. The van der Waals surface area contributed by atoms with Crippen LogP contribution in [0.25, 0.3) is 53.9 Å². The second-order valence-electron chi connectivity index (χ2n) is 10.2. The molecule has 6 heteroatoms. The zero-order chi connectivity index (χ0) is 27.4. The molecule has 6 nitrogen and oxygen atoms in total. The van der Waals surface area contributed by atoms with Gasteiger partial charge < -0.3 is 20.4 Å². The molecule has 0 fully saturated rings. The number of aromatic hydroxyl groups is 4. The van der Waals surface area contributed by atoms with Crippen LogP contribution >= 0.6 is 0 Å². The fourth-order valence-electron chi connectivity index (χ4n) is 6.16. The molecule has 8 rings (SSSR count). The van der Waals surface area contributed by atoms with Crippen molar-refractivity contribution in [3.63, 3.8) is 0 Å². The lowest BCUT2D eigenvalue weighted by Gasteiger charge is -2.24. The number of hydrogen-bond donors (Lipinski definition) is 4. The molecule has 0 spiro atoms. The highest BCUT2D eigenvalue weighted by molar-refractivity contribution is 6.36. The first-order valence-electron chi connectivity index (χ1n) is 12.7. The van der Waals surface area contributed by atoms with E-state index in [-0.39, 0.29) is 21.5 Å². The Balaban J connectivity index is 1.47. The van der Waals surface area contributed by atoms with Crippen molar-refractivity contribution in [1.29, 1.82) is 0 Å². The lowest BCUT2D eigenvalue weighted by Crippen LogP contribution is -2.22. The molecule has 1 aliphatic carbocycles. The predicted molar refractivity (Wildman–Crippen MR) is 154 cm³/mol. The number of fused-ring (bicyclic) bond motifs is 7. The fourth-order valence-corrected chi connectivity index (χ4v) is 6.16. The molecule has 0 aromatic heterocycles. The van der Waals surface area contributed by atoms with Crippen molar-refractivity contribution in [2.24, 2.45) is 0 Å². The Morgan fingerprint density at radius 3 is 0.900 bits per heavy atom. The van der Waals surface area contributed by atoms with E-state index >= 15 is 0 Å². The van der Waals surface area contributed by atoms with Crippen LogP contribution in [-0.4, -0.2) is 32.0 Å². The van der Waals surface area contributed by atoms with Gasteiger partial charge >= 0.3 is 0 Å². The maximum absolute atomic E-state index is 13.9. The smallest absolute Gasteiger partial charge is 0.202 e. The number of ketones is 2. The van der Waals surface area contributed by atoms with E-state index in [2.05, 4.69) is 0 Å². The molecular weight excluding hydrogens is 504 g/mol. The summed E-state index contributed by atoms with van der Waals surface area (Å²) in [6, 6.07) is 25.6. The van der Waals surface area contributed by atoms with E-state index in [1.807, 2.05) is 60.7 Å². The summed E-state index contributed by atoms with van der Waals surface area (Å²) < 4.78 is 0. The third-order valence-corrected chi connectivity index (χ3v) is 8.10. The highest BCUT2D eigenvalue weighted by Crippen LogP contribution is 2.51.